The summed E-state index contributed by atoms with van der Waals surface area (Å²) in [6.07, 6.45) is 13.8. The summed E-state index contributed by atoms with van der Waals surface area (Å²) in [4.78, 5) is 14.8. The molecule has 2 heterocycles. The molecule has 2 aliphatic heterocycles. The SMILES string of the molecule is COC1/C=C2\C/C(=C\CC1)NC(c1ccccc1)=C2CCCCN1CCC(c2cccc(NC(=O)C(C)C)c2)CC1. The molecule has 2 aromatic carbocycles. The molecule has 1 amide bonds. The summed E-state index contributed by atoms with van der Waals surface area (Å²) in [5.74, 6) is 0.632. The molecule has 0 saturated carbocycles. The highest BCUT2D eigenvalue weighted by Crippen LogP contribution is 2.37. The maximum absolute atomic E-state index is 12.1. The first-order valence-electron chi connectivity index (χ1n) is 15.6. The largest absolute Gasteiger partial charge is 0.377 e. The number of hydrogen-bond donors (Lipinski definition) is 2. The molecule has 1 atom stereocenters. The summed E-state index contributed by atoms with van der Waals surface area (Å²) < 4.78 is 5.81. The van der Waals surface area contributed by atoms with Gasteiger partial charge in [0.15, 0.2) is 0 Å². The number of methoxy groups -OCH3 is 1. The van der Waals surface area contributed by atoms with Crippen molar-refractivity contribution < 1.29 is 9.53 Å². The lowest BCUT2D eigenvalue weighted by molar-refractivity contribution is -0.118. The zero-order chi connectivity index (χ0) is 28.6. The van der Waals surface area contributed by atoms with Gasteiger partial charge in [-0.05, 0) is 105 Å². The standard InChI is InChI=1S/C36H47N3O2/c1-26(2)36(40)38-32-14-9-13-29(23-32)27-18-21-39(22-19-27)20-8-7-17-34-30-24-31(15-10-16-33(25-30)41-3)37-35(34)28-11-5-4-6-12-28/h4-6,9,11-15,23,25-27,33,37H,7-8,10,16-22,24H2,1-3H3,(H,38,40)/b30-25+,31-15+. The highest BCUT2D eigenvalue weighted by atomic mass is 16.5. The second kappa shape index (κ2) is 14.2. The van der Waals surface area contributed by atoms with Crippen LogP contribution in [0.4, 0.5) is 5.69 Å². The van der Waals surface area contributed by atoms with Crippen LogP contribution in [-0.4, -0.2) is 43.7 Å². The van der Waals surface area contributed by atoms with E-state index < -0.39 is 0 Å². The fourth-order valence-electron chi connectivity index (χ4n) is 6.37. The molecule has 0 radical (unpaired) electrons. The van der Waals surface area contributed by atoms with Crippen molar-refractivity contribution in [1.82, 2.24) is 10.2 Å². The van der Waals surface area contributed by atoms with E-state index in [1.165, 1.54) is 59.4 Å². The van der Waals surface area contributed by atoms with E-state index in [0.717, 1.165) is 51.0 Å². The lowest BCUT2D eigenvalue weighted by atomic mass is 9.86. The molecule has 218 valence electrons. The minimum Gasteiger partial charge on any atom is -0.377 e. The Bertz CT molecular complexity index is 1270. The number of anilines is 1. The van der Waals surface area contributed by atoms with Gasteiger partial charge in [-0.15, -0.1) is 0 Å². The number of hydrogen-bond acceptors (Lipinski definition) is 4. The normalized spacial score (nSPS) is 22.7. The van der Waals surface area contributed by atoms with E-state index >= 15 is 0 Å². The number of ether oxygens (including phenoxy) is 1. The highest BCUT2D eigenvalue weighted by molar-refractivity contribution is 5.92. The Balaban J connectivity index is 1.17. The van der Waals surface area contributed by atoms with Crippen LogP contribution >= 0.6 is 0 Å². The molecule has 2 N–H and O–H groups in total. The van der Waals surface area contributed by atoms with Crippen LogP contribution in [0.5, 0.6) is 0 Å². The molecule has 5 rings (SSSR count). The molecular formula is C36H47N3O2. The van der Waals surface area contributed by atoms with Crippen molar-refractivity contribution in [2.24, 2.45) is 5.92 Å². The predicted octanol–water partition coefficient (Wildman–Crippen LogP) is 7.65. The Morgan fingerprint density at radius 3 is 2.61 bits per heavy atom. The van der Waals surface area contributed by atoms with Gasteiger partial charge in [0.2, 0.25) is 5.91 Å². The summed E-state index contributed by atoms with van der Waals surface area (Å²) in [7, 11) is 1.83. The first-order valence-corrected chi connectivity index (χ1v) is 15.6. The number of amides is 1. The van der Waals surface area contributed by atoms with Gasteiger partial charge in [-0.2, -0.15) is 0 Å². The average molecular weight is 554 g/mol. The zero-order valence-corrected chi connectivity index (χ0v) is 25.1. The van der Waals surface area contributed by atoms with Crippen LogP contribution in [0.1, 0.15) is 82.3 Å². The predicted molar refractivity (Wildman–Crippen MR) is 169 cm³/mol. The molecular weight excluding hydrogens is 506 g/mol. The highest BCUT2D eigenvalue weighted by Gasteiger charge is 2.25. The number of piperidine rings is 1. The molecule has 0 aromatic heterocycles. The Morgan fingerprint density at radius 2 is 1.85 bits per heavy atom. The van der Waals surface area contributed by atoms with Gasteiger partial charge in [-0.25, -0.2) is 0 Å². The van der Waals surface area contributed by atoms with Gasteiger partial charge in [0.05, 0.1) is 6.10 Å². The fraction of sp³-hybridized carbons (Fsp3) is 0.472. The van der Waals surface area contributed by atoms with Crippen LogP contribution in [0.3, 0.4) is 0 Å². The summed E-state index contributed by atoms with van der Waals surface area (Å²) in [5, 5.41) is 6.87. The second-order valence-corrected chi connectivity index (χ2v) is 12.1. The minimum absolute atomic E-state index is 0.0116. The zero-order valence-electron chi connectivity index (χ0n) is 25.1. The van der Waals surface area contributed by atoms with Crippen LogP contribution in [0.25, 0.3) is 5.70 Å². The number of nitrogens with zero attached hydrogens (tertiary/aromatic N) is 1. The van der Waals surface area contributed by atoms with E-state index in [9.17, 15) is 4.79 Å². The van der Waals surface area contributed by atoms with Crippen molar-refractivity contribution in [2.45, 2.75) is 77.2 Å². The molecule has 5 nitrogen and oxygen atoms in total. The molecule has 1 fully saturated rings. The van der Waals surface area contributed by atoms with Crippen LogP contribution in [0.15, 0.2) is 83.6 Å². The van der Waals surface area contributed by atoms with Crippen molar-refractivity contribution in [1.29, 1.82) is 0 Å². The van der Waals surface area contributed by atoms with Crippen molar-refractivity contribution >= 4 is 17.3 Å². The van der Waals surface area contributed by atoms with Crippen molar-refractivity contribution in [3.8, 4) is 0 Å². The van der Waals surface area contributed by atoms with Crippen molar-refractivity contribution in [3.63, 3.8) is 0 Å². The van der Waals surface area contributed by atoms with Gasteiger partial charge in [-0.3, -0.25) is 4.79 Å². The van der Waals surface area contributed by atoms with Crippen LogP contribution in [0.2, 0.25) is 0 Å². The Hall–Kier alpha value is -3.15. The summed E-state index contributed by atoms with van der Waals surface area (Å²) >= 11 is 0. The molecule has 1 saturated heterocycles. The third kappa shape index (κ3) is 7.78. The van der Waals surface area contributed by atoms with E-state index in [-0.39, 0.29) is 17.9 Å². The van der Waals surface area contributed by atoms with Crippen molar-refractivity contribution in [3.05, 3.63) is 94.7 Å². The average Bonchev–Trinajstić information content (AvgIpc) is 2.99. The number of unbranched alkanes of at least 4 members (excludes halogenated alkanes) is 1. The molecule has 1 aliphatic carbocycles. The number of rotatable bonds is 10. The first kappa shape index (κ1) is 29.3. The molecule has 2 aromatic rings. The first-order chi connectivity index (χ1) is 20.0. The lowest BCUT2D eigenvalue weighted by Gasteiger charge is -2.33. The fourth-order valence-corrected chi connectivity index (χ4v) is 6.37. The van der Waals surface area contributed by atoms with Crippen LogP contribution < -0.4 is 10.6 Å². The lowest BCUT2D eigenvalue weighted by Crippen LogP contribution is -2.33. The van der Waals surface area contributed by atoms with Crippen LogP contribution in [-0.2, 0) is 9.53 Å². The Labute approximate surface area is 246 Å². The van der Waals surface area contributed by atoms with Gasteiger partial charge < -0.3 is 20.3 Å². The number of allylic oxidation sites excluding steroid dienone is 3. The monoisotopic (exact) mass is 553 g/mol. The van der Waals surface area contributed by atoms with Gasteiger partial charge in [0.25, 0.3) is 0 Å². The summed E-state index contributed by atoms with van der Waals surface area (Å²) in [6, 6.07) is 19.3. The smallest absolute Gasteiger partial charge is 0.226 e. The Morgan fingerprint density at radius 1 is 1.05 bits per heavy atom. The van der Waals surface area contributed by atoms with E-state index in [2.05, 4.69) is 76.2 Å². The van der Waals surface area contributed by atoms with Gasteiger partial charge in [-0.1, -0.05) is 68.5 Å². The molecule has 1 unspecified atom stereocenters. The van der Waals surface area contributed by atoms with E-state index in [4.69, 9.17) is 4.74 Å². The third-order valence-electron chi connectivity index (χ3n) is 8.84. The summed E-state index contributed by atoms with van der Waals surface area (Å²) in [6.45, 7) is 7.30. The number of fused-ring (bicyclic) bond motifs is 2. The maximum atomic E-state index is 12.1. The van der Waals surface area contributed by atoms with E-state index in [1.54, 1.807) is 0 Å². The maximum Gasteiger partial charge on any atom is 0.226 e. The second-order valence-electron chi connectivity index (χ2n) is 12.1. The number of carbonyl (C=O) groups is 1. The topological polar surface area (TPSA) is 53.6 Å². The minimum atomic E-state index is -0.0116. The number of carbonyl (C=O) groups excluding carboxylic acids is 1. The number of likely N-dealkylation sites (tertiary alicyclic amines) is 1. The van der Waals surface area contributed by atoms with Gasteiger partial charge in [0, 0.05) is 36.5 Å². The van der Waals surface area contributed by atoms with E-state index in [1.807, 2.05) is 27.0 Å². The molecule has 41 heavy (non-hydrogen) atoms. The molecule has 0 spiro atoms. The Kier molecular flexibility index (Phi) is 10.1. The van der Waals surface area contributed by atoms with Crippen LogP contribution in [0, 0.1) is 5.92 Å². The molecule has 5 heteroatoms. The van der Waals surface area contributed by atoms with Crippen molar-refractivity contribution in [2.75, 3.05) is 32.1 Å². The van der Waals surface area contributed by atoms with E-state index in [0.29, 0.717) is 5.92 Å². The van der Waals surface area contributed by atoms with Gasteiger partial charge >= 0.3 is 0 Å². The summed E-state index contributed by atoms with van der Waals surface area (Å²) in [5.41, 5.74) is 9.04. The molecule has 2 bridgehead atoms. The van der Waals surface area contributed by atoms with Gasteiger partial charge in [0.1, 0.15) is 0 Å². The number of benzene rings is 2. The quantitative estimate of drug-likeness (QED) is 0.297. The number of nitrogens with one attached hydrogen (secondary N) is 2. The molecule has 3 aliphatic rings. The third-order valence-corrected chi connectivity index (χ3v) is 8.84.